The quantitative estimate of drug-likeness (QED) is 0.422. The standard InChI is InChI=1S/C7H11F2N3O2/c1-2-13-3-4-14-7-5-6(8)10-12(9)11-7/h5,10H,2-4H2,1H3. The Kier molecular flexibility index (Phi) is 4.11. The summed E-state index contributed by atoms with van der Waals surface area (Å²) in [5.74, 6) is -1.00. The van der Waals surface area contributed by atoms with Crippen LogP contribution in [0.1, 0.15) is 6.92 Å². The zero-order valence-electron chi connectivity index (χ0n) is 7.67. The molecule has 0 saturated heterocycles. The van der Waals surface area contributed by atoms with Gasteiger partial charge in [0.2, 0.25) is 11.8 Å². The van der Waals surface area contributed by atoms with Crippen LogP contribution in [-0.2, 0) is 9.47 Å². The second-order valence-electron chi connectivity index (χ2n) is 2.35. The minimum Gasteiger partial charge on any atom is -0.474 e. The van der Waals surface area contributed by atoms with Crippen molar-refractivity contribution in [1.29, 1.82) is 0 Å². The summed E-state index contributed by atoms with van der Waals surface area (Å²) in [7, 11) is 0. The van der Waals surface area contributed by atoms with Crippen molar-refractivity contribution in [2.45, 2.75) is 6.92 Å². The topological polar surface area (TPSA) is 46.1 Å². The van der Waals surface area contributed by atoms with Gasteiger partial charge in [-0.3, -0.25) is 0 Å². The number of nitrogens with zero attached hydrogens (tertiary/aromatic N) is 2. The largest absolute Gasteiger partial charge is 0.474 e. The lowest BCUT2D eigenvalue weighted by atomic mass is 10.5. The third-order valence-electron chi connectivity index (χ3n) is 1.32. The number of hydrazone groups is 1. The Morgan fingerprint density at radius 3 is 3.00 bits per heavy atom. The van der Waals surface area contributed by atoms with Crippen LogP contribution in [0.2, 0.25) is 0 Å². The van der Waals surface area contributed by atoms with Crippen molar-refractivity contribution in [3.63, 3.8) is 0 Å². The van der Waals surface area contributed by atoms with Crippen LogP contribution in [0, 0.1) is 0 Å². The molecule has 0 aromatic rings. The molecule has 0 saturated carbocycles. The van der Waals surface area contributed by atoms with Crippen molar-refractivity contribution in [2.24, 2.45) is 5.10 Å². The van der Waals surface area contributed by atoms with E-state index in [2.05, 4.69) is 5.10 Å². The summed E-state index contributed by atoms with van der Waals surface area (Å²) in [6, 6.07) is 0. The maximum atomic E-state index is 12.5. The zero-order valence-corrected chi connectivity index (χ0v) is 7.67. The average molecular weight is 207 g/mol. The van der Waals surface area contributed by atoms with E-state index in [1.54, 1.807) is 5.43 Å². The number of ether oxygens (including phenoxy) is 2. The molecule has 80 valence electrons. The molecule has 1 aliphatic heterocycles. The molecule has 0 amide bonds. The molecule has 0 unspecified atom stereocenters. The predicted molar refractivity (Wildman–Crippen MR) is 45.2 cm³/mol. The molecule has 0 atom stereocenters. The molecule has 0 aromatic heterocycles. The molecule has 7 heteroatoms. The Bertz CT molecular complexity index is 245. The minimum absolute atomic E-state index is 0.136. The summed E-state index contributed by atoms with van der Waals surface area (Å²) < 4.78 is 34.8. The van der Waals surface area contributed by atoms with Crippen molar-refractivity contribution in [3.8, 4) is 0 Å². The molecule has 1 rings (SSSR count). The fourth-order valence-electron chi connectivity index (χ4n) is 0.789. The molecule has 0 aromatic carbocycles. The molecule has 0 spiro atoms. The lowest BCUT2D eigenvalue weighted by Crippen LogP contribution is -2.30. The van der Waals surface area contributed by atoms with Crippen LogP contribution in [0.5, 0.6) is 0 Å². The average Bonchev–Trinajstić information content (AvgIpc) is 2.11. The van der Waals surface area contributed by atoms with Gasteiger partial charge in [0.1, 0.15) is 6.61 Å². The van der Waals surface area contributed by atoms with Crippen molar-refractivity contribution in [2.75, 3.05) is 19.8 Å². The Hall–Kier alpha value is -1.37. The first-order valence-corrected chi connectivity index (χ1v) is 4.11. The number of rotatable bonds is 4. The van der Waals surface area contributed by atoms with E-state index < -0.39 is 5.95 Å². The monoisotopic (exact) mass is 207 g/mol. The summed E-state index contributed by atoms with van der Waals surface area (Å²) in [6.45, 7) is 2.96. The van der Waals surface area contributed by atoms with Gasteiger partial charge in [-0.25, -0.2) is 5.43 Å². The van der Waals surface area contributed by atoms with Crippen LogP contribution in [0.4, 0.5) is 8.87 Å². The lowest BCUT2D eigenvalue weighted by molar-refractivity contribution is -0.0320. The van der Waals surface area contributed by atoms with Crippen LogP contribution in [0.15, 0.2) is 17.1 Å². The van der Waals surface area contributed by atoms with Gasteiger partial charge in [0.05, 0.1) is 12.7 Å². The second kappa shape index (κ2) is 5.38. The van der Waals surface area contributed by atoms with Crippen LogP contribution < -0.4 is 5.43 Å². The van der Waals surface area contributed by atoms with Crippen LogP contribution in [-0.4, -0.2) is 31.1 Å². The molecule has 14 heavy (non-hydrogen) atoms. The number of hydrazine groups is 1. The van der Waals surface area contributed by atoms with Crippen LogP contribution in [0.25, 0.3) is 0 Å². The third kappa shape index (κ3) is 3.56. The smallest absolute Gasteiger partial charge is 0.240 e. The normalized spacial score (nSPS) is 15.8. The second-order valence-corrected chi connectivity index (χ2v) is 2.35. The molecular formula is C7H11F2N3O2. The molecule has 1 N–H and O–H groups in total. The van der Waals surface area contributed by atoms with Gasteiger partial charge < -0.3 is 9.47 Å². The van der Waals surface area contributed by atoms with E-state index >= 15 is 0 Å². The van der Waals surface area contributed by atoms with E-state index in [1.165, 1.54) is 0 Å². The molecule has 1 aliphatic rings. The van der Waals surface area contributed by atoms with E-state index in [9.17, 15) is 8.87 Å². The Morgan fingerprint density at radius 2 is 2.36 bits per heavy atom. The van der Waals surface area contributed by atoms with Gasteiger partial charge in [-0.2, -0.15) is 4.39 Å². The van der Waals surface area contributed by atoms with E-state index in [0.29, 0.717) is 13.2 Å². The maximum absolute atomic E-state index is 12.5. The summed E-state index contributed by atoms with van der Waals surface area (Å²) >= 11 is 0. The molecule has 0 bridgehead atoms. The summed E-state index contributed by atoms with van der Waals surface area (Å²) in [4.78, 5) is 0. The van der Waals surface area contributed by atoms with Gasteiger partial charge in [-0.15, -0.1) is 0 Å². The fourth-order valence-corrected chi connectivity index (χ4v) is 0.789. The number of halogens is 2. The van der Waals surface area contributed by atoms with Crippen LogP contribution >= 0.6 is 0 Å². The van der Waals surface area contributed by atoms with Crippen molar-refractivity contribution < 1.29 is 18.3 Å². The Morgan fingerprint density at radius 1 is 1.57 bits per heavy atom. The summed E-state index contributed by atoms with van der Waals surface area (Å²) in [5.41, 5.74) is 1.67. The number of hydrogen-bond donors (Lipinski definition) is 1. The third-order valence-corrected chi connectivity index (χ3v) is 1.32. The van der Waals surface area contributed by atoms with Gasteiger partial charge >= 0.3 is 0 Å². The zero-order chi connectivity index (χ0) is 10.4. The highest BCUT2D eigenvalue weighted by atomic mass is 19.2. The predicted octanol–water partition coefficient (Wildman–Crippen LogP) is 0.869. The molecule has 0 fully saturated rings. The van der Waals surface area contributed by atoms with Gasteiger partial charge in [-0.05, 0) is 12.3 Å². The highest BCUT2D eigenvalue weighted by Crippen LogP contribution is 2.04. The molecule has 0 aliphatic carbocycles. The molecule has 0 radical (unpaired) electrons. The van der Waals surface area contributed by atoms with E-state index in [1.807, 2.05) is 6.92 Å². The number of hydrogen-bond acceptors (Lipinski definition) is 5. The van der Waals surface area contributed by atoms with Crippen molar-refractivity contribution in [1.82, 2.24) is 10.8 Å². The summed E-state index contributed by atoms with van der Waals surface area (Å²) in [6.07, 6.45) is 0.946. The SMILES string of the molecule is CCOCCOC1=NN(F)NC(F)=C1. The highest BCUT2D eigenvalue weighted by molar-refractivity contribution is 5.88. The van der Waals surface area contributed by atoms with E-state index in [4.69, 9.17) is 9.47 Å². The first-order valence-electron chi connectivity index (χ1n) is 4.11. The number of nitrogens with one attached hydrogen (secondary N) is 1. The van der Waals surface area contributed by atoms with Gasteiger partial charge in [0.25, 0.3) is 0 Å². The van der Waals surface area contributed by atoms with Gasteiger partial charge in [0, 0.05) is 6.61 Å². The Labute approximate surface area is 79.9 Å². The van der Waals surface area contributed by atoms with Gasteiger partial charge in [-0.1, -0.05) is 9.58 Å². The van der Waals surface area contributed by atoms with Crippen molar-refractivity contribution >= 4 is 5.90 Å². The van der Waals surface area contributed by atoms with Crippen molar-refractivity contribution in [3.05, 3.63) is 12.0 Å². The minimum atomic E-state index is -0.867. The summed E-state index contributed by atoms with van der Waals surface area (Å²) in [5, 5.41) is 2.95. The Balaban J connectivity index is 2.29. The van der Waals surface area contributed by atoms with E-state index in [-0.39, 0.29) is 17.8 Å². The maximum Gasteiger partial charge on any atom is 0.240 e. The first kappa shape index (κ1) is 10.7. The molecule has 5 nitrogen and oxygen atoms in total. The fraction of sp³-hybridized carbons (Fsp3) is 0.571. The van der Waals surface area contributed by atoms with Crippen LogP contribution in [0.3, 0.4) is 0 Å². The highest BCUT2D eigenvalue weighted by Gasteiger charge is 2.12. The lowest BCUT2D eigenvalue weighted by Gasteiger charge is -2.15. The first-order chi connectivity index (χ1) is 6.72. The van der Waals surface area contributed by atoms with Gasteiger partial charge in [0.15, 0.2) is 0 Å². The molecule has 1 heterocycles. The van der Waals surface area contributed by atoms with E-state index in [0.717, 1.165) is 6.08 Å². The molecular weight excluding hydrogens is 196 g/mol.